The molecule has 1 aromatic heterocycles. The molecule has 5 rings (SSSR count). The van der Waals surface area contributed by atoms with Gasteiger partial charge in [0.15, 0.2) is 0 Å². The van der Waals surface area contributed by atoms with E-state index in [-0.39, 0.29) is 11.9 Å². The summed E-state index contributed by atoms with van der Waals surface area (Å²) in [5.74, 6) is -0.00130. The molecule has 0 spiro atoms. The maximum atomic E-state index is 12.1. The Labute approximate surface area is 205 Å². The highest BCUT2D eigenvalue weighted by Gasteiger charge is 2.33. The quantitative estimate of drug-likeness (QED) is 0.476. The Morgan fingerprint density at radius 1 is 0.970 bits per heavy atom. The highest BCUT2D eigenvalue weighted by atomic mass is 35.5. The summed E-state index contributed by atoms with van der Waals surface area (Å²) in [6, 6.07) is 19.1. The third-order valence-corrected chi connectivity index (χ3v) is 8.24. The third kappa shape index (κ3) is 4.81. The number of thiophene rings is 1. The van der Waals surface area contributed by atoms with E-state index in [9.17, 15) is 4.79 Å². The second kappa shape index (κ2) is 9.88. The average Bonchev–Trinajstić information content (AvgIpc) is 3.18. The Morgan fingerprint density at radius 3 is 2.36 bits per heavy atom. The van der Waals surface area contributed by atoms with E-state index in [1.807, 2.05) is 12.1 Å². The lowest BCUT2D eigenvalue weighted by molar-refractivity contribution is -0.114. The van der Waals surface area contributed by atoms with E-state index in [2.05, 4.69) is 57.6 Å². The first-order chi connectivity index (χ1) is 16.1. The highest BCUT2D eigenvalue weighted by Crippen LogP contribution is 2.45. The van der Waals surface area contributed by atoms with Crippen molar-refractivity contribution in [2.45, 2.75) is 38.6 Å². The summed E-state index contributed by atoms with van der Waals surface area (Å²) in [6.45, 7) is 5.50. The average molecular weight is 480 g/mol. The van der Waals surface area contributed by atoms with Crippen molar-refractivity contribution in [1.29, 1.82) is 0 Å². The van der Waals surface area contributed by atoms with E-state index < -0.39 is 0 Å². The summed E-state index contributed by atoms with van der Waals surface area (Å²) in [6.07, 6.45) is 4.65. The number of fused-ring (bicyclic) bond motifs is 1. The minimum atomic E-state index is -0.00130. The van der Waals surface area contributed by atoms with Crippen LogP contribution >= 0.6 is 22.9 Å². The van der Waals surface area contributed by atoms with Crippen LogP contribution in [0.15, 0.2) is 54.6 Å². The topological polar surface area (TPSA) is 35.6 Å². The first kappa shape index (κ1) is 22.5. The van der Waals surface area contributed by atoms with Crippen molar-refractivity contribution in [3.05, 3.63) is 81.2 Å². The van der Waals surface area contributed by atoms with Gasteiger partial charge in [0.2, 0.25) is 5.91 Å². The number of carbonyl (C=O) groups is 1. The molecule has 1 atom stereocenters. The Morgan fingerprint density at radius 2 is 1.67 bits per heavy atom. The first-order valence-corrected chi connectivity index (χ1v) is 13.0. The van der Waals surface area contributed by atoms with Crippen molar-refractivity contribution in [1.82, 2.24) is 4.90 Å². The second-order valence-corrected chi connectivity index (χ2v) is 10.5. The monoisotopic (exact) mass is 479 g/mol. The lowest BCUT2D eigenvalue weighted by Gasteiger charge is -2.41. The van der Waals surface area contributed by atoms with Crippen molar-refractivity contribution < 1.29 is 4.79 Å². The number of nitrogens with one attached hydrogen (secondary N) is 1. The van der Waals surface area contributed by atoms with Crippen LogP contribution in [0.1, 0.15) is 47.4 Å². The van der Waals surface area contributed by atoms with Crippen molar-refractivity contribution in [3.8, 4) is 0 Å². The number of para-hydroxylation sites is 1. The number of hydrogen-bond donors (Lipinski definition) is 1. The number of amides is 1. The molecule has 0 radical (unpaired) electrons. The predicted octanol–water partition coefficient (Wildman–Crippen LogP) is 6.15. The van der Waals surface area contributed by atoms with E-state index in [0.717, 1.165) is 49.0 Å². The molecule has 1 fully saturated rings. The summed E-state index contributed by atoms with van der Waals surface area (Å²) in [5, 5.41) is 4.96. The number of nitrogens with zero attached hydrogens (tertiary/aromatic N) is 2. The van der Waals surface area contributed by atoms with Crippen LogP contribution < -0.4 is 10.2 Å². The smallest absolute Gasteiger partial charge is 0.221 e. The lowest BCUT2D eigenvalue weighted by Crippen LogP contribution is -2.48. The van der Waals surface area contributed by atoms with Crippen LogP contribution in [0.2, 0.25) is 5.02 Å². The summed E-state index contributed by atoms with van der Waals surface area (Å²) in [7, 11) is 0. The van der Waals surface area contributed by atoms with Gasteiger partial charge in [0, 0.05) is 54.3 Å². The molecule has 1 amide bonds. The molecule has 0 saturated carbocycles. The van der Waals surface area contributed by atoms with Crippen molar-refractivity contribution >= 4 is 39.5 Å². The van der Waals surface area contributed by atoms with Crippen LogP contribution in [0.4, 0.5) is 10.7 Å². The van der Waals surface area contributed by atoms with Crippen LogP contribution in [-0.4, -0.2) is 37.0 Å². The predicted molar refractivity (Wildman–Crippen MR) is 139 cm³/mol. The minimum absolute atomic E-state index is 0.00130. The van der Waals surface area contributed by atoms with Gasteiger partial charge in [-0.15, -0.1) is 11.3 Å². The number of piperazine rings is 1. The van der Waals surface area contributed by atoms with Crippen molar-refractivity contribution in [3.63, 3.8) is 0 Å². The lowest BCUT2D eigenvalue weighted by atomic mass is 9.88. The summed E-state index contributed by atoms with van der Waals surface area (Å²) in [4.78, 5) is 18.6. The molecular formula is C27H30ClN3OS. The Balaban J connectivity index is 1.52. The Kier molecular flexibility index (Phi) is 6.72. The fourth-order valence-corrected chi connectivity index (χ4v) is 6.71. The maximum absolute atomic E-state index is 12.1. The zero-order valence-corrected chi connectivity index (χ0v) is 20.6. The molecule has 1 N–H and O–H groups in total. The van der Waals surface area contributed by atoms with Crippen LogP contribution in [0, 0.1) is 0 Å². The zero-order chi connectivity index (χ0) is 22.8. The normalized spacial score (nSPS) is 17.5. The van der Waals surface area contributed by atoms with Crippen molar-refractivity contribution in [2.24, 2.45) is 0 Å². The number of benzene rings is 2. The number of aryl methyl sites for hydroxylation is 1. The van der Waals surface area contributed by atoms with Gasteiger partial charge in [-0.2, -0.15) is 0 Å². The van der Waals surface area contributed by atoms with Crippen LogP contribution in [0.5, 0.6) is 0 Å². The molecule has 2 aliphatic rings. The summed E-state index contributed by atoms with van der Waals surface area (Å²) < 4.78 is 0. The molecular weight excluding hydrogens is 450 g/mol. The Hall–Kier alpha value is -2.34. The molecule has 4 nitrogen and oxygen atoms in total. The molecule has 1 aliphatic heterocycles. The minimum Gasteiger partial charge on any atom is -0.369 e. The van der Waals surface area contributed by atoms with E-state index in [0.29, 0.717) is 0 Å². The SMILES string of the molecule is CC(=O)Nc1sc2c(c1C(c1ccc(Cl)cc1)N1CCN(c3ccccc3)CC1)CCCC2. The maximum Gasteiger partial charge on any atom is 0.221 e. The van der Waals surface area contributed by atoms with Gasteiger partial charge >= 0.3 is 0 Å². The van der Waals surface area contributed by atoms with E-state index >= 15 is 0 Å². The van der Waals surface area contributed by atoms with Crippen molar-refractivity contribution in [2.75, 3.05) is 36.4 Å². The summed E-state index contributed by atoms with van der Waals surface area (Å²) >= 11 is 8.04. The van der Waals surface area contributed by atoms with E-state index in [1.165, 1.54) is 40.1 Å². The molecule has 6 heteroatoms. The van der Waals surface area contributed by atoms with Gasteiger partial charge in [0.1, 0.15) is 5.00 Å². The number of hydrogen-bond acceptors (Lipinski definition) is 4. The van der Waals surface area contributed by atoms with Gasteiger partial charge in [0.05, 0.1) is 6.04 Å². The van der Waals surface area contributed by atoms with Crippen LogP contribution in [0.3, 0.4) is 0 Å². The molecule has 3 aromatic rings. The molecule has 1 unspecified atom stereocenters. The number of anilines is 2. The van der Waals surface area contributed by atoms with Crippen LogP contribution in [0.25, 0.3) is 0 Å². The van der Waals surface area contributed by atoms with Gasteiger partial charge in [-0.25, -0.2) is 0 Å². The van der Waals surface area contributed by atoms with E-state index in [1.54, 1.807) is 18.3 Å². The molecule has 1 saturated heterocycles. The Bertz CT molecular complexity index is 1100. The number of carbonyl (C=O) groups excluding carboxylic acids is 1. The molecule has 2 heterocycles. The van der Waals surface area contributed by atoms with Gasteiger partial charge in [-0.05, 0) is 61.1 Å². The molecule has 1 aliphatic carbocycles. The molecule has 172 valence electrons. The highest BCUT2D eigenvalue weighted by molar-refractivity contribution is 7.16. The third-order valence-electron chi connectivity index (χ3n) is 6.76. The molecule has 0 bridgehead atoms. The van der Waals surface area contributed by atoms with Gasteiger partial charge < -0.3 is 10.2 Å². The standard InChI is InChI=1S/C27H30ClN3OS/c1-19(32)29-27-25(23-9-5-6-10-24(23)33-27)26(20-11-13-21(28)14-12-20)31-17-15-30(16-18-31)22-7-3-2-4-8-22/h2-4,7-8,11-14,26H,5-6,9-10,15-18H2,1H3,(H,29,32). The fraction of sp³-hybridized carbons (Fsp3) is 0.370. The molecule has 2 aromatic carbocycles. The number of rotatable bonds is 5. The molecule has 33 heavy (non-hydrogen) atoms. The largest absolute Gasteiger partial charge is 0.369 e. The fourth-order valence-electron chi connectivity index (χ4n) is 5.21. The second-order valence-electron chi connectivity index (χ2n) is 8.95. The van der Waals surface area contributed by atoms with E-state index in [4.69, 9.17) is 11.6 Å². The zero-order valence-electron chi connectivity index (χ0n) is 19.0. The first-order valence-electron chi connectivity index (χ1n) is 11.8. The summed E-state index contributed by atoms with van der Waals surface area (Å²) in [5.41, 5.74) is 5.29. The van der Waals surface area contributed by atoms with Gasteiger partial charge in [-0.1, -0.05) is 41.9 Å². The number of halogens is 1. The van der Waals surface area contributed by atoms with Gasteiger partial charge in [0.25, 0.3) is 0 Å². The van der Waals surface area contributed by atoms with Crippen LogP contribution in [-0.2, 0) is 17.6 Å². The van der Waals surface area contributed by atoms with Gasteiger partial charge in [-0.3, -0.25) is 9.69 Å².